The third-order valence-electron chi connectivity index (χ3n) is 5.54. The van der Waals surface area contributed by atoms with Crippen LogP contribution in [0, 0.1) is 0 Å². The molecule has 0 aliphatic heterocycles. The summed E-state index contributed by atoms with van der Waals surface area (Å²) >= 11 is 0. The van der Waals surface area contributed by atoms with Crippen LogP contribution in [0.25, 0.3) is 10.8 Å². The Labute approximate surface area is 140 Å². The van der Waals surface area contributed by atoms with E-state index in [1.165, 1.54) is 0 Å². The van der Waals surface area contributed by atoms with Gasteiger partial charge in [-0.15, -0.1) is 0 Å². The van der Waals surface area contributed by atoms with Crippen LogP contribution in [0.1, 0.15) is 42.2 Å². The van der Waals surface area contributed by atoms with Gasteiger partial charge in [-0.05, 0) is 49.3 Å². The summed E-state index contributed by atoms with van der Waals surface area (Å²) in [7, 11) is 0. The van der Waals surface area contributed by atoms with Gasteiger partial charge in [0.2, 0.25) is 0 Å². The molecule has 1 saturated carbocycles. The van der Waals surface area contributed by atoms with Crippen molar-refractivity contribution in [3.05, 3.63) is 59.7 Å². The van der Waals surface area contributed by atoms with E-state index in [4.69, 9.17) is 4.74 Å². The Morgan fingerprint density at radius 1 is 0.792 bits per heavy atom. The molecule has 2 aliphatic carbocycles. The monoisotopic (exact) mass is 318 g/mol. The van der Waals surface area contributed by atoms with Crippen molar-refractivity contribution >= 4 is 10.8 Å². The van der Waals surface area contributed by atoms with Gasteiger partial charge in [0.25, 0.3) is 0 Å². The van der Waals surface area contributed by atoms with E-state index in [9.17, 15) is 10.2 Å². The van der Waals surface area contributed by atoms with E-state index < -0.39 is 0 Å². The highest BCUT2D eigenvalue weighted by Gasteiger charge is 2.42. The Kier molecular flexibility index (Phi) is 2.81. The van der Waals surface area contributed by atoms with Gasteiger partial charge in [0.1, 0.15) is 23.0 Å². The lowest BCUT2D eigenvalue weighted by Crippen LogP contribution is -2.00. The Hall–Kier alpha value is -2.68. The molecule has 3 heteroatoms. The van der Waals surface area contributed by atoms with Crippen molar-refractivity contribution in [1.29, 1.82) is 0 Å². The second-order valence-corrected chi connectivity index (χ2v) is 6.83. The summed E-state index contributed by atoms with van der Waals surface area (Å²) < 4.78 is 6.00. The summed E-state index contributed by atoms with van der Waals surface area (Å²) in [4.78, 5) is 0. The molecule has 3 aromatic rings. The van der Waals surface area contributed by atoms with Crippen molar-refractivity contribution in [2.45, 2.75) is 31.1 Å². The topological polar surface area (TPSA) is 49.7 Å². The summed E-state index contributed by atoms with van der Waals surface area (Å²) in [5.41, 5.74) is 1.91. The molecule has 0 heterocycles. The van der Waals surface area contributed by atoms with Crippen molar-refractivity contribution in [3.8, 4) is 23.0 Å². The first-order valence-corrected chi connectivity index (χ1v) is 8.47. The zero-order valence-electron chi connectivity index (χ0n) is 13.2. The SMILES string of the molecule is Oc1c2c(c(O)c3c(Oc4ccccc4)cccc13)C1CCC2C1. The molecule has 2 unspecified atom stereocenters. The van der Waals surface area contributed by atoms with E-state index in [0.717, 1.165) is 30.4 Å². The lowest BCUT2D eigenvalue weighted by atomic mass is 9.87. The maximum absolute atomic E-state index is 11.0. The van der Waals surface area contributed by atoms with Crippen LogP contribution in [-0.2, 0) is 0 Å². The van der Waals surface area contributed by atoms with E-state index in [1.54, 1.807) is 0 Å². The molecule has 0 aromatic heterocycles. The molecule has 2 bridgehead atoms. The van der Waals surface area contributed by atoms with E-state index in [1.807, 2.05) is 48.5 Å². The second kappa shape index (κ2) is 4.91. The highest BCUT2D eigenvalue weighted by Crippen LogP contribution is 2.61. The van der Waals surface area contributed by atoms with Crippen LogP contribution in [-0.4, -0.2) is 10.2 Å². The van der Waals surface area contributed by atoms with Crippen LogP contribution in [0.2, 0.25) is 0 Å². The highest BCUT2D eigenvalue weighted by atomic mass is 16.5. The molecular weight excluding hydrogens is 300 g/mol. The molecule has 5 rings (SSSR count). The number of hydrogen-bond acceptors (Lipinski definition) is 3. The summed E-state index contributed by atoms with van der Waals surface area (Å²) in [5, 5.41) is 23.1. The lowest BCUT2D eigenvalue weighted by Gasteiger charge is -2.21. The first-order valence-electron chi connectivity index (χ1n) is 8.47. The molecule has 2 N–H and O–H groups in total. The van der Waals surface area contributed by atoms with Gasteiger partial charge in [0.15, 0.2) is 0 Å². The smallest absolute Gasteiger partial charge is 0.139 e. The number of aromatic hydroxyl groups is 2. The van der Waals surface area contributed by atoms with E-state index in [2.05, 4.69) is 0 Å². The van der Waals surface area contributed by atoms with Gasteiger partial charge in [-0.3, -0.25) is 0 Å². The minimum absolute atomic E-state index is 0.288. The van der Waals surface area contributed by atoms with Crippen molar-refractivity contribution in [2.75, 3.05) is 0 Å². The minimum atomic E-state index is 0.288. The molecule has 2 atom stereocenters. The van der Waals surface area contributed by atoms with E-state index in [0.29, 0.717) is 39.9 Å². The van der Waals surface area contributed by atoms with Crippen LogP contribution in [0.4, 0.5) is 0 Å². The fraction of sp³-hybridized carbons (Fsp3) is 0.238. The predicted octanol–water partition coefficient (Wildman–Crippen LogP) is 5.41. The third-order valence-corrected chi connectivity index (χ3v) is 5.54. The normalized spacial score (nSPS) is 21.2. The van der Waals surface area contributed by atoms with Gasteiger partial charge in [0.05, 0.1) is 5.39 Å². The lowest BCUT2D eigenvalue weighted by molar-refractivity contribution is 0.446. The maximum atomic E-state index is 11.0. The number of fused-ring (bicyclic) bond motifs is 6. The fourth-order valence-electron chi connectivity index (χ4n) is 4.54. The Bertz CT molecular complexity index is 946. The third kappa shape index (κ3) is 1.78. The molecular formula is C21H18O3. The standard InChI is InChI=1S/C21H18O3/c22-20-15-7-4-8-16(24-14-5-2-1-3-6-14)19(15)21(23)18-13-10-9-12(11-13)17(18)20/h1-8,12-13,22-23H,9-11H2. The number of benzene rings is 3. The molecule has 0 saturated heterocycles. The van der Waals surface area contributed by atoms with Crippen molar-refractivity contribution in [2.24, 2.45) is 0 Å². The van der Waals surface area contributed by atoms with Gasteiger partial charge in [-0.25, -0.2) is 0 Å². The van der Waals surface area contributed by atoms with Gasteiger partial charge in [-0.2, -0.15) is 0 Å². The van der Waals surface area contributed by atoms with E-state index in [-0.39, 0.29) is 5.75 Å². The van der Waals surface area contributed by atoms with Crippen molar-refractivity contribution < 1.29 is 14.9 Å². The molecule has 3 nitrogen and oxygen atoms in total. The molecule has 1 fully saturated rings. The predicted molar refractivity (Wildman–Crippen MR) is 93.1 cm³/mol. The van der Waals surface area contributed by atoms with Crippen LogP contribution in [0.15, 0.2) is 48.5 Å². The largest absolute Gasteiger partial charge is 0.507 e. The molecule has 2 aliphatic rings. The van der Waals surface area contributed by atoms with Crippen molar-refractivity contribution in [1.82, 2.24) is 0 Å². The van der Waals surface area contributed by atoms with Crippen molar-refractivity contribution in [3.63, 3.8) is 0 Å². The minimum Gasteiger partial charge on any atom is -0.507 e. The molecule has 3 aromatic carbocycles. The molecule has 0 amide bonds. The van der Waals surface area contributed by atoms with Crippen LogP contribution in [0.3, 0.4) is 0 Å². The fourth-order valence-corrected chi connectivity index (χ4v) is 4.54. The second-order valence-electron chi connectivity index (χ2n) is 6.83. The Morgan fingerprint density at radius 2 is 1.50 bits per heavy atom. The Morgan fingerprint density at radius 3 is 2.25 bits per heavy atom. The molecule has 24 heavy (non-hydrogen) atoms. The first-order chi connectivity index (χ1) is 11.7. The van der Waals surface area contributed by atoms with Gasteiger partial charge in [-0.1, -0.05) is 30.3 Å². The Balaban J connectivity index is 1.76. The molecule has 120 valence electrons. The number of ether oxygens (including phenoxy) is 1. The average Bonchev–Trinajstić information content (AvgIpc) is 3.22. The first kappa shape index (κ1) is 13.7. The molecule has 0 spiro atoms. The van der Waals surface area contributed by atoms with E-state index >= 15 is 0 Å². The zero-order valence-corrected chi connectivity index (χ0v) is 13.2. The number of rotatable bonds is 2. The maximum Gasteiger partial charge on any atom is 0.139 e. The van der Waals surface area contributed by atoms with Crippen LogP contribution in [0.5, 0.6) is 23.0 Å². The number of phenolic OH excluding ortho intramolecular Hbond substituents is 2. The summed E-state index contributed by atoms with van der Waals surface area (Å²) in [6.45, 7) is 0. The highest BCUT2D eigenvalue weighted by molar-refractivity contribution is 6.00. The number of para-hydroxylation sites is 1. The van der Waals surface area contributed by atoms with Gasteiger partial charge < -0.3 is 14.9 Å². The summed E-state index contributed by atoms with van der Waals surface area (Å²) in [6, 6.07) is 15.1. The zero-order chi connectivity index (χ0) is 16.3. The summed E-state index contributed by atoms with van der Waals surface area (Å²) in [6.07, 6.45) is 3.25. The van der Waals surface area contributed by atoms with Crippen LogP contribution >= 0.6 is 0 Å². The van der Waals surface area contributed by atoms with Gasteiger partial charge >= 0.3 is 0 Å². The van der Waals surface area contributed by atoms with Gasteiger partial charge in [0, 0.05) is 16.5 Å². The molecule has 0 radical (unpaired) electrons. The average molecular weight is 318 g/mol. The quantitative estimate of drug-likeness (QED) is 0.621. The number of hydrogen-bond donors (Lipinski definition) is 2. The van der Waals surface area contributed by atoms with Crippen LogP contribution < -0.4 is 4.74 Å². The number of phenols is 2. The summed E-state index contributed by atoms with van der Waals surface area (Å²) in [5.74, 6) is 2.66.